The monoisotopic (exact) mass is 387 g/mol. The molecule has 1 aliphatic rings. The summed E-state index contributed by atoms with van der Waals surface area (Å²) in [6.45, 7) is 9.59. The van der Waals surface area contributed by atoms with Crippen molar-refractivity contribution in [3.63, 3.8) is 0 Å². The summed E-state index contributed by atoms with van der Waals surface area (Å²) in [7, 11) is 1.72. The topological polar surface area (TPSA) is 113 Å². The summed E-state index contributed by atoms with van der Waals surface area (Å²) >= 11 is 0. The second kappa shape index (κ2) is 7.83. The van der Waals surface area contributed by atoms with Crippen LogP contribution < -0.4 is 4.90 Å². The van der Waals surface area contributed by atoms with Gasteiger partial charge in [-0.3, -0.25) is 0 Å². The van der Waals surface area contributed by atoms with Gasteiger partial charge in [-0.1, -0.05) is 25.9 Å². The van der Waals surface area contributed by atoms with Gasteiger partial charge in [-0.15, -0.1) is 0 Å². The Morgan fingerprint density at radius 3 is 2.79 bits per heavy atom. The summed E-state index contributed by atoms with van der Waals surface area (Å²) in [6.07, 6.45) is 3.92. The first-order valence-corrected chi connectivity index (χ1v) is 9.52. The average Bonchev–Trinajstić information content (AvgIpc) is 3.27. The lowest BCUT2D eigenvalue weighted by Crippen LogP contribution is -2.34. The van der Waals surface area contributed by atoms with Crippen LogP contribution in [0.5, 0.6) is 0 Å². The van der Waals surface area contributed by atoms with Gasteiger partial charge in [0.1, 0.15) is 11.6 Å². The Balaban J connectivity index is 2.12. The van der Waals surface area contributed by atoms with Crippen LogP contribution in [0, 0.1) is 5.41 Å². The molecule has 0 aromatic carbocycles. The van der Waals surface area contributed by atoms with Gasteiger partial charge >= 0.3 is 0 Å². The van der Waals surface area contributed by atoms with Crippen molar-refractivity contribution in [1.82, 2.24) is 19.7 Å². The normalized spacial score (nSPS) is 18.2. The molecule has 1 fully saturated rings. The lowest BCUT2D eigenvalue weighted by molar-refractivity contribution is 0.180. The van der Waals surface area contributed by atoms with E-state index in [0.717, 1.165) is 36.4 Å². The highest BCUT2D eigenvalue weighted by Crippen LogP contribution is 2.32. The number of fused-ring (bicyclic) bond motifs is 1. The number of hydrogen-bond acceptors (Lipinski definition) is 8. The zero-order valence-electron chi connectivity index (χ0n) is 17.2. The Labute approximate surface area is 164 Å². The van der Waals surface area contributed by atoms with E-state index in [9.17, 15) is 0 Å². The van der Waals surface area contributed by atoms with E-state index in [1.54, 1.807) is 24.9 Å². The Morgan fingerprint density at radius 1 is 1.39 bits per heavy atom. The minimum absolute atomic E-state index is 0.181. The number of nitrogens with one attached hydrogen (secondary N) is 1. The third kappa shape index (κ3) is 3.84. The zero-order valence-corrected chi connectivity index (χ0v) is 17.2. The Kier molecular flexibility index (Phi) is 5.64. The fourth-order valence-corrected chi connectivity index (χ4v) is 3.42. The molecule has 28 heavy (non-hydrogen) atoms. The number of methoxy groups -OCH3 is 1. The predicted octanol–water partition coefficient (Wildman–Crippen LogP) is 2.61. The molecule has 0 saturated carbocycles. The van der Waals surface area contributed by atoms with Gasteiger partial charge in [0.05, 0.1) is 42.2 Å². The molecule has 0 amide bonds. The quantitative estimate of drug-likeness (QED) is 0.448. The summed E-state index contributed by atoms with van der Waals surface area (Å²) in [5.74, 6) is 1.61. The van der Waals surface area contributed by atoms with Crippen molar-refractivity contribution in [3.8, 4) is 0 Å². The van der Waals surface area contributed by atoms with Crippen molar-refractivity contribution in [2.75, 3.05) is 25.2 Å². The summed E-state index contributed by atoms with van der Waals surface area (Å²) in [5.41, 5.74) is 0.899. The fourth-order valence-electron chi connectivity index (χ4n) is 3.42. The first kappa shape index (κ1) is 20.2. The highest BCUT2D eigenvalue weighted by atomic mass is 16.5. The minimum atomic E-state index is -0.232. The summed E-state index contributed by atoms with van der Waals surface area (Å²) in [6, 6.07) is 0.279. The SMILES string of the molecule is COC[C@H]1CCCN1c1nc(C(C)(C)C)nc2c1cnn2CC(=N)/C(C)=N\O. The lowest BCUT2D eigenvalue weighted by atomic mass is 9.95. The number of anilines is 1. The van der Waals surface area contributed by atoms with Gasteiger partial charge in [0.2, 0.25) is 0 Å². The minimum Gasteiger partial charge on any atom is -0.411 e. The standard InChI is InChI=1S/C19H29N7O2/c1-12(24-27)15(20)10-26-17-14(9-21-26)16(22-18(23-17)19(2,3)4)25-8-6-7-13(25)11-28-5/h9,13,20,27H,6-8,10-11H2,1-5H3/b20-15?,24-12-/t13-/m1/s1. The van der Waals surface area contributed by atoms with E-state index >= 15 is 0 Å². The molecule has 2 N–H and O–H groups in total. The molecule has 0 bridgehead atoms. The van der Waals surface area contributed by atoms with Crippen molar-refractivity contribution in [1.29, 1.82) is 5.41 Å². The Bertz CT molecular complexity index is 898. The van der Waals surface area contributed by atoms with Gasteiger partial charge in [0.15, 0.2) is 5.65 Å². The summed E-state index contributed by atoms with van der Waals surface area (Å²) < 4.78 is 7.09. The number of nitrogens with zero attached hydrogens (tertiary/aromatic N) is 6. The van der Waals surface area contributed by atoms with E-state index in [1.807, 2.05) is 0 Å². The largest absolute Gasteiger partial charge is 0.411 e. The van der Waals surface area contributed by atoms with Crippen LogP contribution in [0.4, 0.5) is 5.82 Å². The molecule has 1 aliphatic heterocycles. The molecule has 2 aromatic heterocycles. The van der Waals surface area contributed by atoms with Gasteiger partial charge in [0, 0.05) is 19.1 Å². The second-order valence-corrected chi connectivity index (χ2v) is 8.27. The van der Waals surface area contributed by atoms with E-state index in [-0.39, 0.29) is 29.4 Å². The highest BCUT2D eigenvalue weighted by Gasteiger charge is 2.30. The highest BCUT2D eigenvalue weighted by molar-refractivity contribution is 6.40. The summed E-state index contributed by atoms with van der Waals surface area (Å²) in [4.78, 5) is 12.0. The third-order valence-electron chi connectivity index (χ3n) is 5.05. The number of hydrogen-bond donors (Lipinski definition) is 2. The molecule has 0 radical (unpaired) electrons. The van der Waals surface area contributed by atoms with Crippen LogP contribution in [0.25, 0.3) is 11.0 Å². The molecular formula is C19H29N7O2. The number of rotatable bonds is 6. The third-order valence-corrected chi connectivity index (χ3v) is 5.05. The van der Waals surface area contributed by atoms with Crippen LogP contribution in [-0.2, 0) is 16.7 Å². The maximum absolute atomic E-state index is 8.94. The Hall–Kier alpha value is -2.55. The van der Waals surface area contributed by atoms with Crippen LogP contribution in [-0.4, -0.2) is 62.7 Å². The van der Waals surface area contributed by atoms with Crippen molar-refractivity contribution in [2.45, 2.75) is 58.5 Å². The number of ether oxygens (including phenoxy) is 1. The molecule has 2 aromatic rings. The maximum atomic E-state index is 8.94. The number of oxime groups is 1. The van der Waals surface area contributed by atoms with Crippen LogP contribution in [0.1, 0.15) is 46.4 Å². The van der Waals surface area contributed by atoms with E-state index in [4.69, 9.17) is 25.3 Å². The molecule has 0 aliphatic carbocycles. The molecule has 3 rings (SSSR count). The van der Waals surface area contributed by atoms with Crippen LogP contribution in [0.2, 0.25) is 0 Å². The fraction of sp³-hybridized carbons (Fsp3) is 0.632. The number of aromatic nitrogens is 4. The second-order valence-electron chi connectivity index (χ2n) is 8.27. The van der Waals surface area contributed by atoms with Gasteiger partial charge < -0.3 is 20.3 Å². The van der Waals surface area contributed by atoms with Crippen molar-refractivity contribution in [3.05, 3.63) is 12.0 Å². The van der Waals surface area contributed by atoms with E-state index in [2.05, 4.69) is 35.9 Å². The molecule has 152 valence electrons. The first-order valence-electron chi connectivity index (χ1n) is 9.52. The van der Waals surface area contributed by atoms with E-state index < -0.39 is 0 Å². The molecule has 0 spiro atoms. The maximum Gasteiger partial charge on any atom is 0.164 e. The predicted molar refractivity (Wildman–Crippen MR) is 109 cm³/mol. The van der Waals surface area contributed by atoms with Gasteiger partial charge in [0.25, 0.3) is 0 Å². The van der Waals surface area contributed by atoms with E-state index in [1.165, 1.54) is 0 Å². The van der Waals surface area contributed by atoms with Crippen LogP contribution >= 0.6 is 0 Å². The first-order chi connectivity index (χ1) is 13.3. The molecule has 1 saturated heterocycles. The van der Waals surface area contributed by atoms with Crippen LogP contribution in [0.3, 0.4) is 0 Å². The molecule has 9 nitrogen and oxygen atoms in total. The molecule has 0 unspecified atom stereocenters. The lowest BCUT2D eigenvalue weighted by Gasteiger charge is -2.27. The van der Waals surface area contributed by atoms with E-state index in [0.29, 0.717) is 12.3 Å². The zero-order chi connectivity index (χ0) is 20.5. The van der Waals surface area contributed by atoms with Gasteiger partial charge in [-0.2, -0.15) is 5.10 Å². The van der Waals surface area contributed by atoms with Gasteiger partial charge in [-0.25, -0.2) is 14.6 Å². The molecule has 1 atom stereocenters. The van der Waals surface area contributed by atoms with Crippen LogP contribution in [0.15, 0.2) is 11.4 Å². The van der Waals surface area contributed by atoms with Gasteiger partial charge in [-0.05, 0) is 19.8 Å². The Morgan fingerprint density at radius 2 is 2.14 bits per heavy atom. The smallest absolute Gasteiger partial charge is 0.164 e. The molecule has 3 heterocycles. The molecule has 9 heteroatoms. The summed E-state index contributed by atoms with van der Waals surface area (Å²) in [5, 5.41) is 25.5. The van der Waals surface area contributed by atoms with Crippen molar-refractivity contribution in [2.24, 2.45) is 5.16 Å². The van der Waals surface area contributed by atoms with Crippen molar-refractivity contribution < 1.29 is 9.94 Å². The van der Waals surface area contributed by atoms with Crippen molar-refractivity contribution >= 4 is 28.3 Å². The average molecular weight is 387 g/mol. The molecular weight excluding hydrogens is 358 g/mol.